The Morgan fingerprint density at radius 1 is 1.25 bits per heavy atom. The molecular weight excluding hydrogens is 278 g/mol. The van der Waals surface area contributed by atoms with Crippen LogP contribution in [0.4, 0.5) is 0 Å². The lowest BCUT2D eigenvalue weighted by Crippen LogP contribution is -1.98. The minimum atomic E-state index is -3.18. The van der Waals surface area contributed by atoms with Crippen molar-refractivity contribution in [3.05, 3.63) is 47.4 Å². The van der Waals surface area contributed by atoms with Gasteiger partial charge in [0.15, 0.2) is 9.84 Å². The molecule has 1 heterocycles. The van der Waals surface area contributed by atoms with Gasteiger partial charge in [0, 0.05) is 18.4 Å². The summed E-state index contributed by atoms with van der Waals surface area (Å²) in [5.41, 5.74) is 6.53. The number of furan rings is 1. The number of ether oxygens (including phenoxy) is 1. The Hall–Kier alpha value is -1.79. The van der Waals surface area contributed by atoms with Gasteiger partial charge in [-0.1, -0.05) is 0 Å². The van der Waals surface area contributed by atoms with Gasteiger partial charge in [-0.05, 0) is 37.3 Å². The van der Waals surface area contributed by atoms with E-state index in [1.54, 1.807) is 12.1 Å². The van der Waals surface area contributed by atoms with E-state index in [9.17, 15) is 8.42 Å². The number of hydrogen-bond acceptors (Lipinski definition) is 5. The second kappa shape index (κ2) is 5.68. The molecule has 0 unspecified atom stereocenters. The second-order valence-electron chi connectivity index (χ2n) is 4.53. The van der Waals surface area contributed by atoms with Crippen molar-refractivity contribution in [2.45, 2.75) is 25.0 Å². The zero-order chi connectivity index (χ0) is 14.8. The summed E-state index contributed by atoms with van der Waals surface area (Å²) in [6, 6.07) is 8.14. The molecule has 108 valence electrons. The Labute approximate surface area is 118 Å². The average Bonchev–Trinajstić information content (AvgIpc) is 2.76. The van der Waals surface area contributed by atoms with Crippen LogP contribution in [-0.2, 0) is 23.0 Å². The highest BCUT2D eigenvalue weighted by molar-refractivity contribution is 7.90. The maximum Gasteiger partial charge on any atom is 0.175 e. The van der Waals surface area contributed by atoms with Crippen LogP contribution in [-0.4, -0.2) is 14.7 Å². The van der Waals surface area contributed by atoms with E-state index in [2.05, 4.69) is 0 Å². The van der Waals surface area contributed by atoms with Gasteiger partial charge < -0.3 is 14.9 Å². The summed E-state index contributed by atoms with van der Waals surface area (Å²) in [5, 5.41) is 0. The lowest BCUT2D eigenvalue weighted by molar-refractivity contribution is 0.267. The third kappa shape index (κ3) is 3.40. The van der Waals surface area contributed by atoms with Crippen molar-refractivity contribution in [3.8, 4) is 5.75 Å². The number of aryl methyl sites for hydroxylation is 1. The van der Waals surface area contributed by atoms with E-state index in [1.165, 1.54) is 18.4 Å². The number of rotatable bonds is 5. The number of sulfone groups is 1. The van der Waals surface area contributed by atoms with Crippen molar-refractivity contribution in [1.82, 2.24) is 0 Å². The highest BCUT2D eigenvalue weighted by Gasteiger charge is 2.08. The summed E-state index contributed by atoms with van der Waals surface area (Å²) in [7, 11) is -3.18. The van der Waals surface area contributed by atoms with E-state index in [4.69, 9.17) is 14.9 Å². The molecule has 0 aliphatic heterocycles. The quantitative estimate of drug-likeness (QED) is 0.912. The lowest BCUT2D eigenvalue weighted by Gasteiger charge is -2.05. The van der Waals surface area contributed by atoms with Gasteiger partial charge in [0.2, 0.25) is 0 Å². The standard InChI is InChI=1S/C14H17NO4S/c1-10-11(8-15)7-13(19-10)9-18-12-3-5-14(6-4-12)20(2,16)17/h3-7H,8-9,15H2,1-2H3. The SMILES string of the molecule is Cc1oc(COc2ccc(S(C)(=O)=O)cc2)cc1CN. The first-order valence-corrected chi connectivity index (χ1v) is 8.00. The molecule has 5 nitrogen and oxygen atoms in total. The summed E-state index contributed by atoms with van der Waals surface area (Å²) >= 11 is 0. The minimum absolute atomic E-state index is 0.268. The number of nitrogens with two attached hydrogens (primary N) is 1. The second-order valence-corrected chi connectivity index (χ2v) is 6.55. The Balaban J connectivity index is 2.03. The third-order valence-corrected chi connectivity index (χ3v) is 4.05. The smallest absolute Gasteiger partial charge is 0.175 e. The molecule has 0 radical (unpaired) electrons. The minimum Gasteiger partial charge on any atom is -0.486 e. The molecule has 0 saturated heterocycles. The Kier molecular flexibility index (Phi) is 4.15. The highest BCUT2D eigenvalue weighted by Crippen LogP contribution is 2.19. The van der Waals surface area contributed by atoms with Crippen LogP contribution in [0, 0.1) is 6.92 Å². The van der Waals surface area contributed by atoms with Crippen molar-refractivity contribution >= 4 is 9.84 Å². The average molecular weight is 295 g/mol. The van der Waals surface area contributed by atoms with E-state index in [1.807, 2.05) is 13.0 Å². The maximum absolute atomic E-state index is 11.3. The van der Waals surface area contributed by atoms with E-state index in [0.717, 1.165) is 11.3 Å². The summed E-state index contributed by atoms with van der Waals surface area (Å²) < 4.78 is 33.7. The Morgan fingerprint density at radius 2 is 1.90 bits per heavy atom. The van der Waals surface area contributed by atoms with Crippen molar-refractivity contribution in [3.63, 3.8) is 0 Å². The van der Waals surface area contributed by atoms with Crippen molar-refractivity contribution in [2.24, 2.45) is 5.73 Å². The van der Waals surface area contributed by atoms with E-state index in [-0.39, 0.29) is 11.5 Å². The molecular formula is C14H17NO4S. The maximum atomic E-state index is 11.3. The topological polar surface area (TPSA) is 82.5 Å². The van der Waals surface area contributed by atoms with E-state index >= 15 is 0 Å². The first-order chi connectivity index (χ1) is 9.40. The molecule has 0 aliphatic rings. The molecule has 0 atom stereocenters. The normalized spacial score (nSPS) is 11.6. The van der Waals surface area contributed by atoms with Gasteiger partial charge in [-0.15, -0.1) is 0 Å². The van der Waals surface area contributed by atoms with Crippen molar-refractivity contribution in [2.75, 3.05) is 6.26 Å². The predicted octanol–water partition coefficient (Wildman–Crippen LogP) is 2.03. The van der Waals surface area contributed by atoms with Gasteiger partial charge in [0.05, 0.1) is 4.90 Å². The van der Waals surface area contributed by atoms with Gasteiger partial charge in [-0.2, -0.15) is 0 Å². The molecule has 0 bridgehead atoms. The Morgan fingerprint density at radius 3 is 2.40 bits per heavy atom. The molecule has 2 N–H and O–H groups in total. The van der Waals surface area contributed by atoms with Crippen molar-refractivity contribution in [1.29, 1.82) is 0 Å². The van der Waals surface area contributed by atoms with Gasteiger partial charge >= 0.3 is 0 Å². The molecule has 2 rings (SSSR count). The van der Waals surface area contributed by atoms with Gasteiger partial charge in [-0.3, -0.25) is 0 Å². The van der Waals surface area contributed by atoms with Gasteiger partial charge in [0.25, 0.3) is 0 Å². The van der Waals surface area contributed by atoms with Crippen LogP contribution in [0.3, 0.4) is 0 Å². The first-order valence-electron chi connectivity index (χ1n) is 6.11. The van der Waals surface area contributed by atoms with Crippen LogP contribution in [0.1, 0.15) is 17.1 Å². The molecule has 1 aromatic heterocycles. The molecule has 0 saturated carbocycles. The summed E-state index contributed by atoms with van der Waals surface area (Å²) in [4.78, 5) is 0.268. The molecule has 0 aliphatic carbocycles. The fourth-order valence-electron chi connectivity index (χ4n) is 1.80. The van der Waals surface area contributed by atoms with Crippen LogP contribution < -0.4 is 10.5 Å². The zero-order valence-corrected chi connectivity index (χ0v) is 12.2. The third-order valence-electron chi connectivity index (χ3n) is 2.92. The lowest BCUT2D eigenvalue weighted by atomic mass is 10.2. The zero-order valence-electron chi connectivity index (χ0n) is 11.4. The van der Waals surface area contributed by atoms with E-state index in [0.29, 0.717) is 18.1 Å². The number of benzene rings is 1. The van der Waals surface area contributed by atoms with Gasteiger partial charge in [0.1, 0.15) is 23.9 Å². The molecule has 0 spiro atoms. The largest absolute Gasteiger partial charge is 0.486 e. The molecule has 1 aromatic carbocycles. The summed E-state index contributed by atoms with van der Waals surface area (Å²) in [6.07, 6.45) is 1.17. The fourth-order valence-corrected chi connectivity index (χ4v) is 2.43. The number of hydrogen-bond donors (Lipinski definition) is 1. The van der Waals surface area contributed by atoms with Crippen molar-refractivity contribution < 1.29 is 17.6 Å². The van der Waals surface area contributed by atoms with Crippen LogP contribution >= 0.6 is 0 Å². The van der Waals surface area contributed by atoms with Crippen LogP contribution in [0.2, 0.25) is 0 Å². The molecule has 20 heavy (non-hydrogen) atoms. The molecule has 0 amide bonds. The molecule has 0 fully saturated rings. The van der Waals surface area contributed by atoms with Crippen LogP contribution in [0.25, 0.3) is 0 Å². The molecule has 2 aromatic rings. The predicted molar refractivity (Wildman–Crippen MR) is 75.2 cm³/mol. The monoisotopic (exact) mass is 295 g/mol. The summed E-state index contributed by atoms with van der Waals surface area (Å²) in [5.74, 6) is 2.06. The van der Waals surface area contributed by atoms with Crippen LogP contribution in [0.5, 0.6) is 5.75 Å². The van der Waals surface area contributed by atoms with Crippen LogP contribution in [0.15, 0.2) is 39.6 Å². The van der Waals surface area contributed by atoms with Gasteiger partial charge in [-0.25, -0.2) is 8.42 Å². The Bertz CT molecular complexity index is 686. The highest BCUT2D eigenvalue weighted by atomic mass is 32.2. The molecule has 6 heteroatoms. The fraction of sp³-hybridized carbons (Fsp3) is 0.286. The van der Waals surface area contributed by atoms with E-state index < -0.39 is 9.84 Å². The first kappa shape index (κ1) is 14.6. The summed E-state index contributed by atoms with van der Waals surface area (Å²) in [6.45, 7) is 2.56.